The molecule has 2 amide bonds. The molecular formula is C20H37N5O2. The van der Waals surface area contributed by atoms with Gasteiger partial charge in [0.05, 0.1) is 12.1 Å². The summed E-state index contributed by atoms with van der Waals surface area (Å²) in [6.45, 7) is 6.45. The maximum Gasteiger partial charge on any atom is 0.317 e. The van der Waals surface area contributed by atoms with E-state index >= 15 is 0 Å². The van der Waals surface area contributed by atoms with Gasteiger partial charge in [-0.2, -0.15) is 5.48 Å². The Bertz CT molecular complexity index is 536. The van der Waals surface area contributed by atoms with Gasteiger partial charge in [0.25, 0.3) is 0 Å². The molecule has 0 spiro atoms. The van der Waals surface area contributed by atoms with Crippen LogP contribution in [-0.4, -0.2) is 60.6 Å². The van der Waals surface area contributed by atoms with Gasteiger partial charge in [-0.05, 0) is 18.9 Å². The van der Waals surface area contributed by atoms with Crippen molar-refractivity contribution in [2.24, 2.45) is 10.4 Å². The van der Waals surface area contributed by atoms with Gasteiger partial charge in [0.15, 0.2) is 0 Å². The molecule has 1 fully saturated rings. The normalized spacial score (nSPS) is 28.1. The third-order valence-corrected chi connectivity index (χ3v) is 6.09. The number of hydroxylamine groups is 1. The van der Waals surface area contributed by atoms with E-state index in [1.54, 1.807) is 13.2 Å². The smallest absolute Gasteiger partial charge is 0.317 e. The van der Waals surface area contributed by atoms with Crippen molar-refractivity contribution >= 4 is 11.7 Å². The average molecular weight is 380 g/mol. The fourth-order valence-corrected chi connectivity index (χ4v) is 4.35. The topological polar surface area (TPSA) is 89.0 Å². The van der Waals surface area contributed by atoms with Gasteiger partial charge in [0.1, 0.15) is 0 Å². The summed E-state index contributed by atoms with van der Waals surface area (Å²) in [5.41, 5.74) is 3.06. The molecular weight excluding hydrogens is 342 g/mol. The van der Waals surface area contributed by atoms with Crippen LogP contribution in [-0.2, 0) is 0 Å². The molecule has 0 aromatic heterocycles. The van der Waals surface area contributed by atoms with Gasteiger partial charge >= 0.3 is 6.03 Å². The van der Waals surface area contributed by atoms with E-state index < -0.39 is 5.41 Å². The average Bonchev–Trinajstić information content (AvgIpc) is 2.71. The number of nitrogens with zero attached hydrogens (tertiary/aromatic N) is 2. The van der Waals surface area contributed by atoms with E-state index in [1.807, 2.05) is 11.0 Å². The lowest BCUT2D eigenvalue weighted by Crippen LogP contribution is -2.67. The van der Waals surface area contributed by atoms with Crippen molar-refractivity contribution in [1.82, 2.24) is 21.0 Å². The van der Waals surface area contributed by atoms with E-state index in [-0.39, 0.29) is 18.1 Å². The molecule has 2 aliphatic rings. The minimum Gasteiger partial charge on any atom is -0.341 e. The number of nitrogens with one attached hydrogen (secondary N) is 3. The first-order valence-corrected chi connectivity index (χ1v) is 10.4. The van der Waals surface area contributed by atoms with Crippen LogP contribution in [0.25, 0.3) is 0 Å². The second-order valence-corrected chi connectivity index (χ2v) is 7.79. The number of carbonyl (C=O) groups is 1. The molecule has 4 N–H and O–H groups in total. The standard InChI is InChI=1S/C20H37N5O2/c1-4-5-6-7-8-9-10-16-20(2,17(24-27)11-12-23-16)18-15-22-13-14-25(18)19(26)21-3/h11-12,17-18,22,24,27H,4-10,13-15H2,1-3H3,(H,21,26)/t17-,18-,20+/m0/s1. The number of rotatable bonds is 9. The van der Waals surface area contributed by atoms with Crippen molar-refractivity contribution in [3.63, 3.8) is 0 Å². The van der Waals surface area contributed by atoms with Crippen molar-refractivity contribution < 1.29 is 10.0 Å². The lowest BCUT2D eigenvalue weighted by molar-refractivity contribution is 0.0484. The summed E-state index contributed by atoms with van der Waals surface area (Å²) in [5.74, 6) is 0. The Morgan fingerprint density at radius 1 is 1.37 bits per heavy atom. The minimum atomic E-state index is -0.465. The van der Waals surface area contributed by atoms with Gasteiger partial charge in [0.2, 0.25) is 0 Å². The molecule has 27 heavy (non-hydrogen) atoms. The predicted molar refractivity (Wildman–Crippen MR) is 109 cm³/mol. The zero-order valence-corrected chi connectivity index (χ0v) is 17.1. The van der Waals surface area contributed by atoms with E-state index in [4.69, 9.17) is 4.99 Å². The van der Waals surface area contributed by atoms with Gasteiger partial charge in [-0.1, -0.05) is 46.0 Å². The first-order chi connectivity index (χ1) is 13.1. The highest BCUT2D eigenvalue weighted by Crippen LogP contribution is 2.37. The molecule has 0 aromatic rings. The molecule has 0 aromatic carbocycles. The van der Waals surface area contributed by atoms with Crippen LogP contribution in [0.2, 0.25) is 0 Å². The van der Waals surface area contributed by atoms with Crippen LogP contribution < -0.4 is 16.1 Å². The first kappa shape index (κ1) is 21.9. The van der Waals surface area contributed by atoms with Crippen LogP contribution in [0, 0.1) is 5.41 Å². The molecule has 2 heterocycles. The number of carbonyl (C=O) groups excluding carboxylic acids is 1. The molecule has 0 aliphatic carbocycles. The molecule has 7 nitrogen and oxygen atoms in total. The van der Waals surface area contributed by atoms with E-state index in [1.165, 1.54) is 32.1 Å². The lowest BCUT2D eigenvalue weighted by Gasteiger charge is -2.50. The molecule has 0 radical (unpaired) electrons. The van der Waals surface area contributed by atoms with Crippen LogP contribution in [0.3, 0.4) is 0 Å². The molecule has 0 unspecified atom stereocenters. The third kappa shape index (κ3) is 5.09. The van der Waals surface area contributed by atoms with Crippen molar-refractivity contribution in [1.29, 1.82) is 0 Å². The highest BCUT2D eigenvalue weighted by atomic mass is 16.5. The van der Waals surface area contributed by atoms with E-state index in [9.17, 15) is 10.0 Å². The summed E-state index contributed by atoms with van der Waals surface area (Å²) in [5, 5.41) is 16.0. The van der Waals surface area contributed by atoms with Crippen molar-refractivity contribution in [2.45, 2.75) is 70.9 Å². The van der Waals surface area contributed by atoms with Crippen LogP contribution in [0.4, 0.5) is 4.79 Å². The minimum absolute atomic E-state index is 0.0760. The summed E-state index contributed by atoms with van der Waals surface area (Å²) in [6, 6.07) is -0.435. The Labute approximate surface area is 163 Å². The predicted octanol–water partition coefficient (Wildman–Crippen LogP) is 2.67. The summed E-state index contributed by atoms with van der Waals surface area (Å²) in [4.78, 5) is 19.1. The fourth-order valence-electron chi connectivity index (χ4n) is 4.35. The number of amides is 2. The Kier molecular flexibility index (Phi) is 8.73. The number of urea groups is 1. The Hall–Kier alpha value is -1.44. The molecule has 0 saturated carbocycles. The monoisotopic (exact) mass is 379 g/mol. The Morgan fingerprint density at radius 2 is 2.11 bits per heavy atom. The zero-order valence-electron chi connectivity index (χ0n) is 17.1. The molecule has 2 rings (SSSR count). The van der Waals surface area contributed by atoms with Crippen molar-refractivity contribution in [2.75, 3.05) is 26.7 Å². The van der Waals surface area contributed by atoms with E-state index in [2.05, 4.69) is 30.0 Å². The number of hydrogen-bond donors (Lipinski definition) is 4. The highest BCUT2D eigenvalue weighted by molar-refractivity contribution is 5.93. The van der Waals surface area contributed by atoms with Gasteiger partial charge in [-0.15, -0.1) is 0 Å². The summed E-state index contributed by atoms with van der Waals surface area (Å²) < 4.78 is 0. The number of piperazine rings is 1. The summed E-state index contributed by atoms with van der Waals surface area (Å²) in [7, 11) is 1.66. The van der Waals surface area contributed by atoms with Gasteiger partial charge in [-0.25, -0.2) is 4.79 Å². The van der Waals surface area contributed by atoms with E-state index in [0.29, 0.717) is 13.1 Å². The zero-order chi connectivity index (χ0) is 19.7. The largest absolute Gasteiger partial charge is 0.341 e. The lowest BCUT2D eigenvalue weighted by atomic mass is 9.68. The van der Waals surface area contributed by atoms with Crippen LogP contribution in [0.5, 0.6) is 0 Å². The molecule has 2 aliphatic heterocycles. The number of aliphatic imine (C=N–C) groups is 1. The second kappa shape index (κ2) is 10.8. The van der Waals surface area contributed by atoms with Crippen LogP contribution in [0.15, 0.2) is 17.3 Å². The van der Waals surface area contributed by atoms with E-state index in [0.717, 1.165) is 25.1 Å². The van der Waals surface area contributed by atoms with Crippen LogP contribution in [0.1, 0.15) is 58.8 Å². The Morgan fingerprint density at radius 3 is 2.81 bits per heavy atom. The molecule has 154 valence electrons. The quantitative estimate of drug-likeness (QED) is 0.366. The van der Waals surface area contributed by atoms with Crippen LogP contribution >= 0.6 is 0 Å². The van der Waals surface area contributed by atoms with Crippen molar-refractivity contribution in [3.8, 4) is 0 Å². The number of unbranched alkanes of at least 4 members (excludes halogenated alkanes) is 5. The fraction of sp³-hybridized carbons (Fsp3) is 0.800. The van der Waals surface area contributed by atoms with Gasteiger partial charge in [-0.3, -0.25) is 4.99 Å². The molecule has 7 heteroatoms. The molecule has 3 atom stereocenters. The maximum atomic E-state index is 12.5. The summed E-state index contributed by atoms with van der Waals surface area (Å²) >= 11 is 0. The van der Waals surface area contributed by atoms with Crippen molar-refractivity contribution in [3.05, 3.63) is 12.3 Å². The SMILES string of the molecule is CCCCCCCCC1=NC=C[C@H](NO)[C@]1(C)[C@@H]1CNCCN1C(=O)NC. The Balaban J connectivity index is 2.14. The second-order valence-electron chi connectivity index (χ2n) is 7.79. The molecule has 1 saturated heterocycles. The third-order valence-electron chi connectivity index (χ3n) is 6.09. The molecule has 0 bridgehead atoms. The van der Waals surface area contributed by atoms with Gasteiger partial charge < -0.3 is 20.7 Å². The van der Waals surface area contributed by atoms with Gasteiger partial charge in [0, 0.05) is 44.0 Å². The maximum absolute atomic E-state index is 12.5. The summed E-state index contributed by atoms with van der Waals surface area (Å²) in [6.07, 6.45) is 11.9. The number of hydrogen-bond acceptors (Lipinski definition) is 5. The first-order valence-electron chi connectivity index (χ1n) is 10.4. The highest BCUT2D eigenvalue weighted by Gasteiger charge is 2.49.